The first kappa shape index (κ1) is 30.5. The van der Waals surface area contributed by atoms with Crippen molar-refractivity contribution in [1.82, 2.24) is 0 Å². The molecule has 0 aliphatic heterocycles. The zero-order valence-corrected chi connectivity index (χ0v) is 25.0. The summed E-state index contributed by atoms with van der Waals surface area (Å²) in [4.78, 5) is 0. The third-order valence-corrected chi connectivity index (χ3v) is 7.39. The largest absolute Gasteiger partial charge is 0.273 e. The fraction of sp³-hybridized carbons (Fsp3) is 0.0645. The van der Waals surface area contributed by atoms with Gasteiger partial charge in [0.05, 0.1) is 0 Å². The molecule has 0 unspecified atom stereocenters. The Morgan fingerprint density at radius 1 is 0.722 bits per heavy atom. The van der Waals surface area contributed by atoms with Gasteiger partial charge in [0.1, 0.15) is 0 Å². The maximum absolute atomic E-state index is 5.86. The smallest absolute Gasteiger partial charge is 0.0253 e. The molecule has 0 radical (unpaired) electrons. The van der Waals surface area contributed by atoms with Crippen LogP contribution in [0.1, 0.15) is 28.7 Å². The summed E-state index contributed by atoms with van der Waals surface area (Å²) in [5.74, 6) is 0. The number of rotatable bonds is 2. The molecule has 5 heteroatoms. The minimum atomic E-state index is 0. The van der Waals surface area contributed by atoms with Gasteiger partial charge in [-0.2, -0.15) is 35.9 Å². The Bertz CT molecular complexity index is 1220. The molecule has 0 atom stereocenters. The van der Waals surface area contributed by atoms with E-state index in [1.807, 2.05) is 66.7 Å². The van der Waals surface area contributed by atoms with Crippen LogP contribution in [0.4, 0.5) is 0 Å². The zero-order chi connectivity index (χ0) is 23.8. The van der Waals surface area contributed by atoms with Crippen molar-refractivity contribution in [3.8, 4) is 11.1 Å². The molecule has 2 aliphatic rings. The van der Waals surface area contributed by atoms with Crippen LogP contribution in [-0.4, -0.2) is 3.21 Å². The number of hydrogen-bond donors (Lipinski definition) is 0. The van der Waals surface area contributed by atoms with Gasteiger partial charge in [0.15, 0.2) is 0 Å². The van der Waals surface area contributed by atoms with E-state index in [1.165, 1.54) is 60.8 Å². The van der Waals surface area contributed by atoms with Gasteiger partial charge in [0, 0.05) is 0 Å². The molecule has 0 spiro atoms. The summed E-state index contributed by atoms with van der Waals surface area (Å²) in [5, 5.41) is 1.53. The molecule has 0 saturated heterocycles. The second kappa shape index (κ2) is 15.5. The summed E-state index contributed by atoms with van der Waals surface area (Å²) >= 11 is 13.1. The Hall–Kier alpha value is -1.73. The fourth-order valence-electron chi connectivity index (χ4n) is 3.74. The van der Waals surface area contributed by atoms with Crippen LogP contribution in [0.2, 0.25) is 10.0 Å². The van der Waals surface area contributed by atoms with Crippen molar-refractivity contribution in [2.45, 2.75) is 12.8 Å². The van der Waals surface area contributed by atoms with Crippen LogP contribution in [0.15, 0.2) is 109 Å². The van der Waals surface area contributed by atoms with Gasteiger partial charge in [0.25, 0.3) is 0 Å². The van der Waals surface area contributed by atoms with E-state index in [4.69, 9.17) is 23.2 Å². The van der Waals surface area contributed by atoms with Gasteiger partial charge in [0.2, 0.25) is 0 Å². The Morgan fingerprint density at radius 3 is 1.83 bits per heavy atom. The van der Waals surface area contributed by atoms with Crippen LogP contribution in [0.25, 0.3) is 11.1 Å². The predicted molar refractivity (Wildman–Crippen MR) is 156 cm³/mol. The van der Waals surface area contributed by atoms with Crippen molar-refractivity contribution < 1.29 is 24.2 Å². The second-order valence-corrected chi connectivity index (χ2v) is 9.89. The minimum Gasteiger partial charge on any atom is -0.273 e. The first-order valence-corrected chi connectivity index (χ1v) is 13.0. The molecule has 0 fully saturated rings. The van der Waals surface area contributed by atoms with E-state index >= 15 is 0 Å². The van der Waals surface area contributed by atoms with Crippen molar-refractivity contribution in [3.63, 3.8) is 0 Å². The molecular formula is C31H24Cl4Zr. The van der Waals surface area contributed by atoms with E-state index in [9.17, 15) is 0 Å². The molecular weight excluding hydrogens is 605 g/mol. The third-order valence-electron chi connectivity index (χ3n) is 5.47. The molecule has 0 bridgehead atoms. The quantitative estimate of drug-likeness (QED) is 0.171. The minimum absolute atomic E-state index is 0. The Morgan fingerprint density at radius 2 is 1.31 bits per heavy atom. The Kier molecular flexibility index (Phi) is 13.1. The molecule has 0 N–H and O–H groups in total. The molecule has 180 valence electrons. The van der Waals surface area contributed by atoms with Crippen LogP contribution in [0.5, 0.6) is 0 Å². The van der Waals surface area contributed by atoms with E-state index < -0.39 is 0 Å². The van der Waals surface area contributed by atoms with Crippen molar-refractivity contribution in [2.75, 3.05) is 0 Å². The SMILES string of the molecule is Cl.Cl.Clc1ccc([C](=[Zr+2])c2ccc(Cl)cc2)cc1.[C-]1=CC=CC1.[c-]1cccc2c1Cc1ccccc1-2. The summed E-state index contributed by atoms with van der Waals surface area (Å²) < 4.78 is 1.31. The number of allylic oxidation sites excluding steroid dienone is 4. The van der Waals surface area contributed by atoms with Crippen molar-refractivity contribution in [2.24, 2.45) is 0 Å². The van der Waals surface area contributed by atoms with Gasteiger partial charge in [-0.25, -0.2) is 12.2 Å². The van der Waals surface area contributed by atoms with Crippen molar-refractivity contribution in [3.05, 3.63) is 154 Å². The van der Waals surface area contributed by atoms with Gasteiger partial charge < -0.3 is 0 Å². The zero-order valence-electron chi connectivity index (χ0n) is 19.4. The average molecular weight is 630 g/mol. The van der Waals surface area contributed by atoms with Gasteiger partial charge in [-0.3, -0.25) is 6.08 Å². The Labute approximate surface area is 251 Å². The summed E-state index contributed by atoms with van der Waals surface area (Å²) in [6.45, 7) is 0. The summed E-state index contributed by atoms with van der Waals surface area (Å²) in [5.41, 5.74) is 7.94. The predicted octanol–water partition coefficient (Wildman–Crippen LogP) is 9.32. The van der Waals surface area contributed by atoms with Gasteiger partial charge in [-0.1, -0.05) is 35.4 Å². The molecule has 0 saturated carbocycles. The van der Waals surface area contributed by atoms with Crippen LogP contribution >= 0.6 is 48.0 Å². The summed E-state index contributed by atoms with van der Waals surface area (Å²) in [6, 6.07) is 33.9. The van der Waals surface area contributed by atoms with Gasteiger partial charge >= 0.3 is 120 Å². The molecule has 0 heterocycles. The number of hydrogen-bond acceptors (Lipinski definition) is 0. The molecule has 0 amide bonds. The van der Waals surface area contributed by atoms with Crippen molar-refractivity contribution in [1.29, 1.82) is 0 Å². The standard InChI is InChI=1S/C13H8Cl2.C13H9.C5H5.2ClH.Zr/c14-12-5-1-10(2-6-12)9-11-3-7-13(15)8-4-11;1-3-7-12-10(5-1)9-11-6-2-4-8-13(11)12;1-2-4-5-3-1;;;/h1-8H;1-5,7-8H,9H2;1-3H,4H2;2*1H;/q;2*-1;;;+2. The van der Waals surface area contributed by atoms with E-state index in [0.29, 0.717) is 0 Å². The molecule has 4 aromatic carbocycles. The second-order valence-electron chi connectivity index (χ2n) is 7.79. The van der Waals surface area contributed by atoms with Crippen LogP contribution in [0.3, 0.4) is 0 Å². The fourth-order valence-corrected chi connectivity index (χ4v) is 4.81. The number of halogens is 4. The summed E-state index contributed by atoms with van der Waals surface area (Å²) in [7, 11) is 0. The maximum Gasteiger partial charge on any atom is -0.0253 e. The molecule has 36 heavy (non-hydrogen) atoms. The van der Waals surface area contributed by atoms with Crippen molar-refractivity contribution >= 4 is 51.2 Å². The van der Waals surface area contributed by atoms with Crippen LogP contribution < -0.4 is 0 Å². The molecule has 2 aliphatic carbocycles. The molecule has 0 nitrogen and oxygen atoms in total. The average Bonchev–Trinajstić information content (AvgIpc) is 3.57. The summed E-state index contributed by atoms with van der Waals surface area (Å²) in [6.07, 6.45) is 11.0. The van der Waals surface area contributed by atoms with Gasteiger partial charge in [-0.15, -0.1) is 36.8 Å². The molecule has 0 aromatic heterocycles. The number of benzene rings is 4. The monoisotopic (exact) mass is 626 g/mol. The topological polar surface area (TPSA) is 0 Å². The molecule has 6 rings (SSSR count). The van der Waals surface area contributed by atoms with E-state index in [-0.39, 0.29) is 24.8 Å². The first-order chi connectivity index (χ1) is 16.6. The van der Waals surface area contributed by atoms with E-state index in [1.54, 1.807) is 0 Å². The van der Waals surface area contributed by atoms with Crippen LogP contribution in [-0.2, 0) is 30.7 Å². The first-order valence-electron chi connectivity index (χ1n) is 11.0. The van der Waals surface area contributed by atoms with Gasteiger partial charge in [-0.05, 0) is 6.42 Å². The van der Waals surface area contributed by atoms with Crippen LogP contribution in [0, 0.1) is 12.1 Å². The molecule has 4 aromatic rings. The third kappa shape index (κ3) is 8.41. The number of fused-ring (bicyclic) bond motifs is 3. The van der Waals surface area contributed by atoms with E-state index in [2.05, 4.69) is 54.6 Å². The Balaban J connectivity index is 0.000000205. The normalized spacial score (nSPS) is 11.4. The van der Waals surface area contributed by atoms with E-state index in [0.717, 1.165) is 22.9 Å². The maximum atomic E-state index is 5.86.